The van der Waals surface area contributed by atoms with Crippen LogP contribution in [-0.2, 0) is 0 Å². The van der Waals surface area contributed by atoms with Crippen LogP contribution in [0.25, 0.3) is 5.69 Å². The van der Waals surface area contributed by atoms with E-state index in [4.69, 9.17) is 0 Å². The van der Waals surface area contributed by atoms with Crippen molar-refractivity contribution in [2.75, 3.05) is 0 Å². The molecule has 7 nitrogen and oxygen atoms in total. The van der Waals surface area contributed by atoms with Gasteiger partial charge in [0.15, 0.2) is 0 Å². The van der Waals surface area contributed by atoms with Crippen LogP contribution < -0.4 is 10.9 Å². The molecule has 0 fully saturated rings. The maximum absolute atomic E-state index is 12.6. The molecule has 1 aromatic heterocycles. The van der Waals surface area contributed by atoms with Gasteiger partial charge in [-0.05, 0) is 50.2 Å². The highest BCUT2D eigenvalue weighted by atomic mass is 79.9. The maximum atomic E-state index is 12.6. The molecule has 0 bridgehead atoms. The van der Waals surface area contributed by atoms with Crippen molar-refractivity contribution in [1.82, 2.24) is 20.6 Å². The number of halogens is 1. The molecule has 8 heteroatoms. The van der Waals surface area contributed by atoms with E-state index in [0.717, 1.165) is 10.2 Å². The first-order chi connectivity index (χ1) is 12.9. The third-order valence-corrected chi connectivity index (χ3v) is 4.56. The minimum atomic E-state index is -0.614. The van der Waals surface area contributed by atoms with Crippen molar-refractivity contribution in [2.45, 2.75) is 13.8 Å². The Hall–Kier alpha value is -3.13. The van der Waals surface area contributed by atoms with Gasteiger partial charge < -0.3 is 5.11 Å². The SMILES string of the molecule is Cc1nn(-c2ccc(Br)cc2)c(C)c1C(=O)NNC(=O)c1ccccc1O. The van der Waals surface area contributed by atoms with E-state index in [0.29, 0.717) is 17.0 Å². The lowest BCUT2D eigenvalue weighted by Gasteiger charge is -2.09. The number of aryl methyl sites for hydroxylation is 1. The van der Waals surface area contributed by atoms with Crippen LogP contribution in [-0.4, -0.2) is 26.7 Å². The Morgan fingerprint density at radius 2 is 1.63 bits per heavy atom. The number of phenols is 1. The number of nitrogens with zero attached hydrogens (tertiary/aromatic N) is 2. The topological polar surface area (TPSA) is 96.3 Å². The molecule has 27 heavy (non-hydrogen) atoms. The summed E-state index contributed by atoms with van der Waals surface area (Å²) in [5, 5.41) is 14.1. The van der Waals surface area contributed by atoms with Crippen LogP contribution >= 0.6 is 15.9 Å². The molecule has 0 aliphatic rings. The molecule has 0 spiro atoms. The normalized spacial score (nSPS) is 10.5. The monoisotopic (exact) mass is 428 g/mol. The summed E-state index contributed by atoms with van der Waals surface area (Å²) < 4.78 is 2.61. The van der Waals surface area contributed by atoms with Crippen LogP contribution in [0.1, 0.15) is 32.1 Å². The molecule has 3 rings (SSSR count). The highest BCUT2D eigenvalue weighted by molar-refractivity contribution is 9.10. The van der Waals surface area contributed by atoms with Gasteiger partial charge in [-0.25, -0.2) is 4.68 Å². The van der Waals surface area contributed by atoms with Crippen molar-refractivity contribution >= 4 is 27.7 Å². The summed E-state index contributed by atoms with van der Waals surface area (Å²) >= 11 is 3.39. The first kappa shape index (κ1) is 18.7. The standard InChI is InChI=1S/C19H17BrN4O3/c1-11-17(12(2)24(23-11)14-9-7-13(20)8-10-14)19(27)22-21-18(26)15-5-3-4-6-16(15)25/h3-10,25H,1-2H3,(H,21,26)(H,22,27). The van der Waals surface area contributed by atoms with Crippen LogP contribution in [0.5, 0.6) is 5.75 Å². The van der Waals surface area contributed by atoms with Crippen LogP contribution in [0.3, 0.4) is 0 Å². The van der Waals surface area contributed by atoms with Gasteiger partial charge in [-0.1, -0.05) is 28.1 Å². The zero-order valence-electron chi connectivity index (χ0n) is 14.7. The van der Waals surface area contributed by atoms with E-state index in [2.05, 4.69) is 31.9 Å². The van der Waals surface area contributed by atoms with Gasteiger partial charge in [0.2, 0.25) is 0 Å². The second-order valence-corrected chi connectivity index (χ2v) is 6.78. The van der Waals surface area contributed by atoms with Gasteiger partial charge in [-0.2, -0.15) is 5.10 Å². The second-order valence-electron chi connectivity index (χ2n) is 5.86. The Morgan fingerprint density at radius 3 is 2.30 bits per heavy atom. The lowest BCUT2D eigenvalue weighted by Crippen LogP contribution is -2.42. The van der Waals surface area contributed by atoms with Gasteiger partial charge in [-0.15, -0.1) is 0 Å². The van der Waals surface area contributed by atoms with Crippen LogP contribution in [0.4, 0.5) is 0 Å². The number of nitrogens with one attached hydrogen (secondary N) is 2. The number of aromatic nitrogens is 2. The minimum absolute atomic E-state index is 0.0665. The number of benzene rings is 2. The lowest BCUT2D eigenvalue weighted by atomic mass is 10.2. The predicted molar refractivity (Wildman–Crippen MR) is 104 cm³/mol. The number of carbonyl (C=O) groups excluding carboxylic acids is 2. The smallest absolute Gasteiger partial charge is 0.273 e. The summed E-state index contributed by atoms with van der Waals surface area (Å²) in [6.45, 7) is 3.50. The lowest BCUT2D eigenvalue weighted by molar-refractivity contribution is 0.0844. The zero-order chi connectivity index (χ0) is 19.6. The summed E-state index contributed by atoms with van der Waals surface area (Å²) in [6.07, 6.45) is 0. The van der Waals surface area contributed by atoms with Crippen molar-refractivity contribution in [3.05, 3.63) is 75.5 Å². The van der Waals surface area contributed by atoms with E-state index in [1.165, 1.54) is 12.1 Å². The molecule has 0 aliphatic heterocycles. The van der Waals surface area contributed by atoms with E-state index in [1.54, 1.807) is 30.7 Å². The molecule has 0 radical (unpaired) electrons. The molecule has 1 heterocycles. The third kappa shape index (κ3) is 3.85. The minimum Gasteiger partial charge on any atom is -0.507 e. The number of amides is 2. The summed E-state index contributed by atoms with van der Waals surface area (Å²) in [4.78, 5) is 24.7. The van der Waals surface area contributed by atoms with Crippen molar-refractivity contribution in [3.8, 4) is 11.4 Å². The molecular weight excluding hydrogens is 412 g/mol. The highest BCUT2D eigenvalue weighted by Crippen LogP contribution is 2.20. The molecule has 0 saturated heterocycles. The van der Waals surface area contributed by atoms with Gasteiger partial charge in [0.05, 0.1) is 28.2 Å². The van der Waals surface area contributed by atoms with Gasteiger partial charge in [0.1, 0.15) is 5.75 Å². The fourth-order valence-corrected chi connectivity index (χ4v) is 2.98. The van der Waals surface area contributed by atoms with Gasteiger partial charge in [0.25, 0.3) is 11.8 Å². The largest absolute Gasteiger partial charge is 0.507 e. The van der Waals surface area contributed by atoms with Crippen molar-refractivity contribution in [1.29, 1.82) is 0 Å². The van der Waals surface area contributed by atoms with Crippen LogP contribution in [0.15, 0.2) is 53.0 Å². The summed E-state index contributed by atoms with van der Waals surface area (Å²) in [7, 11) is 0. The molecule has 0 aliphatic carbocycles. The van der Waals surface area contributed by atoms with E-state index >= 15 is 0 Å². The van der Waals surface area contributed by atoms with E-state index in [-0.39, 0.29) is 11.3 Å². The number of hydrogen-bond acceptors (Lipinski definition) is 4. The summed E-state index contributed by atoms with van der Waals surface area (Å²) in [6, 6.07) is 13.6. The van der Waals surface area contributed by atoms with Gasteiger partial charge in [-0.3, -0.25) is 20.4 Å². The Labute approximate surface area is 164 Å². The predicted octanol–water partition coefficient (Wildman–Crippen LogP) is 3.03. The Balaban J connectivity index is 1.78. The molecule has 138 valence electrons. The maximum Gasteiger partial charge on any atom is 0.273 e. The molecule has 2 aromatic carbocycles. The van der Waals surface area contributed by atoms with Gasteiger partial charge >= 0.3 is 0 Å². The fourth-order valence-electron chi connectivity index (χ4n) is 2.71. The van der Waals surface area contributed by atoms with Crippen LogP contribution in [0, 0.1) is 13.8 Å². The average molecular weight is 429 g/mol. The fraction of sp³-hybridized carbons (Fsp3) is 0.105. The molecular formula is C19H17BrN4O3. The Bertz CT molecular complexity index is 1010. The molecule has 2 amide bonds. The first-order valence-electron chi connectivity index (χ1n) is 8.09. The van der Waals surface area contributed by atoms with Crippen LogP contribution in [0.2, 0.25) is 0 Å². The van der Waals surface area contributed by atoms with Crippen molar-refractivity contribution < 1.29 is 14.7 Å². The molecule has 0 unspecified atom stereocenters. The van der Waals surface area contributed by atoms with E-state index < -0.39 is 11.8 Å². The number of hydrazine groups is 1. The molecule has 0 saturated carbocycles. The number of rotatable bonds is 3. The Kier molecular flexibility index (Phi) is 5.27. The van der Waals surface area contributed by atoms with Crippen molar-refractivity contribution in [2.24, 2.45) is 0 Å². The second kappa shape index (κ2) is 7.63. The number of phenolic OH excluding ortho intramolecular Hbond substituents is 1. The van der Waals surface area contributed by atoms with Crippen molar-refractivity contribution in [3.63, 3.8) is 0 Å². The number of carbonyl (C=O) groups is 2. The highest BCUT2D eigenvalue weighted by Gasteiger charge is 2.20. The summed E-state index contributed by atoms with van der Waals surface area (Å²) in [5.74, 6) is -1.27. The van der Waals surface area contributed by atoms with Gasteiger partial charge in [0, 0.05) is 4.47 Å². The summed E-state index contributed by atoms with van der Waals surface area (Å²) in [5.41, 5.74) is 7.10. The molecule has 0 atom stereocenters. The molecule has 3 N–H and O–H groups in total. The van der Waals surface area contributed by atoms with E-state index in [9.17, 15) is 14.7 Å². The number of hydrogen-bond donors (Lipinski definition) is 3. The number of aromatic hydroxyl groups is 1. The van der Waals surface area contributed by atoms with E-state index in [1.807, 2.05) is 24.3 Å². The molecule has 3 aromatic rings. The Morgan fingerprint density at radius 1 is 1.00 bits per heavy atom. The zero-order valence-corrected chi connectivity index (χ0v) is 16.2. The quantitative estimate of drug-likeness (QED) is 0.558. The number of para-hydroxylation sites is 1. The third-order valence-electron chi connectivity index (χ3n) is 4.03. The average Bonchev–Trinajstić information content (AvgIpc) is 2.95. The first-order valence-corrected chi connectivity index (χ1v) is 8.88.